The monoisotopic (exact) mass is 255 g/mol. The standard InChI is InChI=1S/C15H14FN3/c1-9-8-10(2)17-15-14(9)11(3)18-19(15)13-6-4-12(16)5-7-13/h4-8H,1-3H3. The minimum absolute atomic E-state index is 0.253. The predicted molar refractivity (Wildman–Crippen MR) is 73.0 cm³/mol. The minimum Gasteiger partial charge on any atom is -0.233 e. The Morgan fingerprint density at radius 2 is 1.74 bits per heavy atom. The first-order valence-corrected chi connectivity index (χ1v) is 6.16. The topological polar surface area (TPSA) is 30.7 Å². The van der Waals surface area contributed by atoms with Crippen molar-refractivity contribution in [3.05, 3.63) is 53.1 Å². The smallest absolute Gasteiger partial charge is 0.163 e. The zero-order valence-corrected chi connectivity index (χ0v) is 11.1. The van der Waals surface area contributed by atoms with Gasteiger partial charge in [-0.15, -0.1) is 0 Å². The number of benzene rings is 1. The summed E-state index contributed by atoms with van der Waals surface area (Å²) in [4.78, 5) is 4.56. The van der Waals surface area contributed by atoms with Gasteiger partial charge in [0.15, 0.2) is 5.65 Å². The van der Waals surface area contributed by atoms with Crippen molar-refractivity contribution in [3.63, 3.8) is 0 Å². The molecule has 0 unspecified atom stereocenters. The average Bonchev–Trinajstić information content (AvgIpc) is 2.67. The van der Waals surface area contributed by atoms with Crippen molar-refractivity contribution in [2.45, 2.75) is 20.8 Å². The Morgan fingerprint density at radius 1 is 1.05 bits per heavy atom. The van der Waals surface area contributed by atoms with E-state index >= 15 is 0 Å². The molecule has 19 heavy (non-hydrogen) atoms. The van der Waals surface area contributed by atoms with Crippen LogP contribution < -0.4 is 0 Å². The zero-order valence-electron chi connectivity index (χ0n) is 11.1. The van der Waals surface area contributed by atoms with Crippen LogP contribution in [-0.4, -0.2) is 14.8 Å². The maximum absolute atomic E-state index is 13.0. The van der Waals surface area contributed by atoms with E-state index in [4.69, 9.17) is 0 Å². The lowest BCUT2D eigenvalue weighted by atomic mass is 10.1. The fourth-order valence-corrected chi connectivity index (χ4v) is 2.43. The van der Waals surface area contributed by atoms with E-state index in [1.165, 1.54) is 12.1 Å². The number of fused-ring (bicyclic) bond motifs is 1. The van der Waals surface area contributed by atoms with Crippen molar-refractivity contribution in [1.82, 2.24) is 14.8 Å². The van der Waals surface area contributed by atoms with E-state index in [0.717, 1.165) is 33.7 Å². The Balaban J connectivity index is 2.33. The van der Waals surface area contributed by atoms with Gasteiger partial charge in [0.2, 0.25) is 0 Å². The number of hydrogen-bond acceptors (Lipinski definition) is 2. The van der Waals surface area contributed by atoms with Crippen molar-refractivity contribution in [1.29, 1.82) is 0 Å². The Hall–Kier alpha value is -2.23. The van der Waals surface area contributed by atoms with Gasteiger partial charge in [0, 0.05) is 11.1 Å². The molecule has 0 fully saturated rings. The molecule has 2 heterocycles. The molecule has 0 bridgehead atoms. The van der Waals surface area contributed by atoms with Gasteiger partial charge < -0.3 is 0 Å². The maximum Gasteiger partial charge on any atom is 0.163 e. The summed E-state index contributed by atoms with van der Waals surface area (Å²) in [5.41, 5.74) is 4.68. The molecule has 0 saturated carbocycles. The van der Waals surface area contributed by atoms with Gasteiger partial charge in [-0.1, -0.05) is 0 Å². The molecule has 1 aromatic carbocycles. The minimum atomic E-state index is -0.253. The zero-order chi connectivity index (χ0) is 13.6. The van der Waals surface area contributed by atoms with Gasteiger partial charge >= 0.3 is 0 Å². The van der Waals surface area contributed by atoms with Gasteiger partial charge in [0.25, 0.3) is 0 Å². The van der Waals surface area contributed by atoms with E-state index in [0.29, 0.717) is 0 Å². The van der Waals surface area contributed by atoms with Crippen molar-refractivity contribution in [2.24, 2.45) is 0 Å². The first-order valence-electron chi connectivity index (χ1n) is 6.16. The largest absolute Gasteiger partial charge is 0.233 e. The van der Waals surface area contributed by atoms with Crippen LogP contribution in [0.4, 0.5) is 4.39 Å². The van der Waals surface area contributed by atoms with Crippen molar-refractivity contribution in [2.75, 3.05) is 0 Å². The van der Waals surface area contributed by atoms with E-state index in [1.54, 1.807) is 16.8 Å². The number of aromatic nitrogens is 3. The first kappa shape index (κ1) is 11.8. The molecule has 2 aromatic heterocycles. The van der Waals surface area contributed by atoms with E-state index in [2.05, 4.69) is 17.0 Å². The molecule has 0 N–H and O–H groups in total. The SMILES string of the molecule is Cc1cc(C)c2c(C)nn(-c3ccc(F)cc3)c2n1. The fourth-order valence-electron chi connectivity index (χ4n) is 2.43. The normalized spacial score (nSPS) is 11.2. The maximum atomic E-state index is 13.0. The van der Waals surface area contributed by atoms with Crippen LogP contribution >= 0.6 is 0 Å². The molecule has 0 aliphatic carbocycles. The Kier molecular flexibility index (Phi) is 2.59. The third kappa shape index (κ3) is 1.89. The number of aryl methyl sites for hydroxylation is 3. The molecule has 0 atom stereocenters. The lowest BCUT2D eigenvalue weighted by molar-refractivity contribution is 0.627. The molecule has 3 rings (SSSR count). The summed E-state index contributed by atoms with van der Waals surface area (Å²) in [6.07, 6.45) is 0. The van der Waals surface area contributed by atoms with Crippen LogP contribution in [0.5, 0.6) is 0 Å². The van der Waals surface area contributed by atoms with Crippen molar-refractivity contribution in [3.8, 4) is 5.69 Å². The summed E-state index contributed by atoms with van der Waals surface area (Å²) < 4.78 is 14.8. The summed E-state index contributed by atoms with van der Waals surface area (Å²) in [5, 5.41) is 5.59. The van der Waals surface area contributed by atoms with Gasteiger partial charge in [0.1, 0.15) is 5.82 Å². The van der Waals surface area contributed by atoms with Crippen LogP contribution in [0.15, 0.2) is 30.3 Å². The van der Waals surface area contributed by atoms with E-state index in [-0.39, 0.29) is 5.82 Å². The quantitative estimate of drug-likeness (QED) is 0.666. The lowest BCUT2D eigenvalue weighted by Gasteiger charge is -2.04. The van der Waals surface area contributed by atoms with Gasteiger partial charge in [-0.3, -0.25) is 0 Å². The van der Waals surface area contributed by atoms with Gasteiger partial charge in [-0.05, 0) is 56.7 Å². The second-order valence-electron chi connectivity index (χ2n) is 4.75. The summed E-state index contributed by atoms with van der Waals surface area (Å²) in [5.74, 6) is -0.253. The fraction of sp³-hybridized carbons (Fsp3) is 0.200. The molecule has 3 aromatic rings. The molecule has 0 radical (unpaired) electrons. The summed E-state index contributed by atoms with van der Waals surface area (Å²) in [7, 11) is 0. The van der Waals surface area contributed by atoms with E-state index in [9.17, 15) is 4.39 Å². The number of pyridine rings is 1. The van der Waals surface area contributed by atoms with Gasteiger partial charge in [-0.25, -0.2) is 14.1 Å². The predicted octanol–water partition coefficient (Wildman–Crippen LogP) is 3.48. The number of rotatable bonds is 1. The lowest BCUT2D eigenvalue weighted by Crippen LogP contribution is -1.98. The van der Waals surface area contributed by atoms with Crippen LogP contribution in [0.1, 0.15) is 17.0 Å². The van der Waals surface area contributed by atoms with Crippen molar-refractivity contribution >= 4 is 11.0 Å². The second kappa shape index (κ2) is 4.16. The summed E-state index contributed by atoms with van der Waals surface area (Å²) in [6, 6.07) is 8.33. The summed E-state index contributed by atoms with van der Waals surface area (Å²) in [6.45, 7) is 5.98. The van der Waals surface area contributed by atoms with Crippen molar-refractivity contribution < 1.29 is 4.39 Å². The summed E-state index contributed by atoms with van der Waals surface area (Å²) >= 11 is 0. The Morgan fingerprint density at radius 3 is 2.42 bits per heavy atom. The van der Waals surface area contributed by atoms with Crippen LogP contribution in [0.25, 0.3) is 16.7 Å². The van der Waals surface area contributed by atoms with Gasteiger partial charge in [0.05, 0.1) is 11.4 Å². The Labute approximate surface area is 110 Å². The van der Waals surface area contributed by atoms with Crippen LogP contribution in [0.2, 0.25) is 0 Å². The number of halogens is 1. The average molecular weight is 255 g/mol. The Bertz CT molecular complexity index is 757. The number of nitrogens with zero attached hydrogens (tertiary/aromatic N) is 3. The molecule has 4 heteroatoms. The van der Waals surface area contributed by atoms with Gasteiger partial charge in [-0.2, -0.15) is 5.10 Å². The third-order valence-electron chi connectivity index (χ3n) is 3.21. The highest BCUT2D eigenvalue weighted by Crippen LogP contribution is 2.24. The second-order valence-corrected chi connectivity index (χ2v) is 4.75. The highest BCUT2D eigenvalue weighted by atomic mass is 19.1. The van der Waals surface area contributed by atoms with Crippen LogP contribution in [0, 0.1) is 26.6 Å². The number of hydrogen-bond donors (Lipinski definition) is 0. The molecule has 0 saturated heterocycles. The molecule has 3 nitrogen and oxygen atoms in total. The molecular weight excluding hydrogens is 241 g/mol. The van der Waals surface area contributed by atoms with E-state index in [1.807, 2.05) is 19.9 Å². The molecular formula is C15H14FN3. The van der Waals surface area contributed by atoms with Crippen LogP contribution in [0.3, 0.4) is 0 Å². The highest BCUT2D eigenvalue weighted by Gasteiger charge is 2.13. The van der Waals surface area contributed by atoms with E-state index < -0.39 is 0 Å². The molecule has 0 aliphatic rings. The highest BCUT2D eigenvalue weighted by molar-refractivity contribution is 5.83. The van der Waals surface area contributed by atoms with Crippen LogP contribution in [-0.2, 0) is 0 Å². The molecule has 96 valence electrons. The molecule has 0 aliphatic heterocycles. The first-order chi connectivity index (χ1) is 9.06. The molecule has 0 amide bonds. The molecule has 0 spiro atoms. The third-order valence-corrected chi connectivity index (χ3v) is 3.21.